The standard InChI is InChI=1S/C32H31N2O.C21H28GeN.Ir/c1-20-8-7-9-21(2)30(20)27-15-14-26-25-13-12-22(18-29(25)35-31(26)34-27)28-19-24(16-17-33-28)32(3,4)23-10-5-6-11-23;1-16-9-5-8-12-19(16)21-14-18(13-17-10-6-7-11-17)20(15-23-21)22(2,3)4;/h7-9,12-17,19,23H,5-6,10-11H2,1-4H3;5,8-9,14-15,17H,6-7,10-11,13H2,1-4H3;/q2*-1;. The summed E-state index contributed by atoms with van der Waals surface area (Å²) in [5.41, 5.74) is 14.4. The molecule has 59 heavy (non-hydrogen) atoms. The van der Waals surface area contributed by atoms with Crippen LogP contribution >= 0.6 is 0 Å². The van der Waals surface area contributed by atoms with Gasteiger partial charge in [0.1, 0.15) is 0 Å². The molecule has 0 spiro atoms. The summed E-state index contributed by atoms with van der Waals surface area (Å²) in [5.74, 6) is 9.06. The van der Waals surface area contributed by atoms with Gasteiger partial charge in [-0.1, -0.05) is 68.5 Å². The summed E-state index contributed by atoms with van der Waals surface area (Å²) in [5, 5.41) is 2.05. The number of hydrogen-bond acceptors (Lipinski definition) is 4. The molecule has 2 fully saturated rings. The molecule has 6 heteroatoms. The SMILES string of the molecule is Cc1ccc[c-]c1-c1cc(CC2CCCC2)[c]([Ge]([CH3])([CH3])[CH3])cn1.Cc1cccc(C)c1-c1ccc2c(n1)oc1[c-]c(-c3cc(C(C)(C)C4CCCC4)ccn3)ccc12.[Ir]. The normalized spacial score (nSPS) is 15.1. The minimum Gasteiger partial charge on any atom is -0.459 e. The van der Waals surface area contributed by atoms with Gasteiger partial charge in [-0.3, -0.25) is 0 Å². The Morgan fingerprint density at radius 2 is 1.44 bits per heavy atom. The van der Waals surface area contributed by atoms with Gasteiger partial charge in [-0.05, 0) is 72.5 Å². The molecule has 2 aliphatic rings. The molecule has 0 aliphatic heterocycles. The molecule has 0 amide bonds. The van der Waals surface area contributed by atoms with Crippen molar-refractivity contribution in [2.24, 2.45) is 11.8 Å². The zero-order valence-electron chi connectivity index (χ0n) is 36.3. The second kappa shape index (κ2) is 18.0. The van der Waals surface area contributed by atoms with Crippen LogP contribution in [0.2, 0.25) is 17.3 Å². The van der Waals surface area contributed by atoms with Crippen LogP contribution in [-0.2, 0) is 31.9 Å². The van der Waals surface area contributed by atoms with E-state index >= 15 is 0 Å². The number of nitrogens with zero attached hydrogens (tertiary/aromatic N) is 3. The molecule has 2 aliphatic carbocycles. The topological polar surface area (TPSA) is 51.8 Å². The average Bonchev–Trinajstić information content (AvgIpc) is 4.00. The van der Waals surface area contributed by atoms with E-state index in [9.17, 15) is 0 Å². The summed E-state index contributed by atoms with van der Waals surface area (Å²) < 4.78 is 7.83. The molecule has 0 atom stereocenters. The zero-order chi connectivity index (χ0) is 40.6. The second-order valence-corrected chi connectivity index (χ2v) is 29.3. The van der Waals surface area contributed by atoms with E-state index in [1.165, 1.54) is 85.6 Å². The first-order valence-corrected chi connectivity index (χ1v) is 29.0. The molecule has 4 aromatic heterocycles. The molecule has 0 saturated heterocycles. The second-order valence-electron chi connectivity index (χ2n) is 18.7. The van der Waals surface area contributed by atoms with E-state index in [0.29, 0.717) is 5.71 Å². The van der Waals surface area contributed by atoms with Crippen molar-refractivity contribution in [3.8, 4) is 33.8 Å². The van der Waals surface area contributed by atoms with E-state index in [1.54, 1.807) is 9.96 Å². The maximum Gasteiger partial charge on any atom is 0.216 e. The Morgan fingerprint density at radius 3 is 2.15 bits per heavy atom. The number of aromatic nitrogens is 3. The number of rotatable bonds is 8. The van der Waals surface area contributed by atoms with Gasteiger partial charge in [0.2, 0.25) is 5.71 Å². The Morgan fingerprint density at radius 1 is 0.746 bits per heavy atom. The number of furan rings is 1. The molecular weight excluding hydrogens is 959 g/mol. The third-order valence-electron chi connectivity index (χ3n) is 13.3. The van der Waals surface area contributed by atoms with Crippen molar-refractivity contribution in [2.45, 2.75) is 115 Å². The zero-order valence-corrected chi connectivity index (χ0v) is 40.8. The Kier molecular flexibility index (Phi) is 13.2. The summed E-state index contributed by atoms with van der Waals surface area (Å²) >= 11 is -1.89. The van der Waals surface area contributed by atoms with Crippen molar-refractivity contribution in [3.63, 3.8) is 0 Å². The molecule has 0 bridgehead atoms. The van der Waals surface area contributed by atoms with Crippen LogP contribution in [0.1, 0.15) is 93.0 Å². The van der Waals surface area contributed by atoms with Gasteiger partial charge in [0, 0.05) is 37.3 Å². The molecule has 0 N–H and O–H groups in total. The van der Waals surface area contributed by atoms with Gasteiger partial charge in [-0.15, -0.1) is 17.7 Å². The van der Waals surface area contributed by atoms with Crippen molar-refractivity contribution >= 4 is 39.7 Å². The van der Waals surface area contributed by atoms with Crippen molar-refractivity contribution in [1.82, 2.24) is 15.0 Å². The molecule has 4 heterocycles. The van der Waals surface area contributed by atoms with Crippen LogP contribution in [0.5, 0.6) is 0 Å². The van der Waals surface area contributed by atoms with Crippen LogP contribution in [-0.4, -0.2) is 28.2 Å². The number of aryl methyl sites for hydroxylation is 3. The molecule has 7 aromatic rings. The summed E-state index contributed by atoms with van der Waals surface area (Å²) in [6.07, 6.45) is 16.4. The molecule has 0 unspecified atom stereocenters. The molecule has 9 rings (SSSR count). The van der Waals surface area contributed by atoms with Crippen LogP contribution in [0, 0.1) is 44.7 Å². The Hall–Kier alpha value is -3.90. The number of fused-ring (bicyclic) bond motifs is 3. The molecule has 1 radical (unpaired) electrons. The number of pyridine rings is 3. The van der Waals surface area contributed by atoms with E-state index in [4.69, 9.17) is 19.4 Å². The first kappa shape index (κ1) is 43.2. The van der Waals surface area contributed by atoms with Gasteiger partial charge in [-0.25, -0.2) is 4.98 Å². The van der Waals surface area contributed by atoms with Crippen LogP contribution < -0.4 is 4.40 Å². The maximum atomic E-state index is 6.24. The van der Waals surface area contributed by atoms with Gasteiger partial charge in [-0.2, -0.15) is 0 Å². The summed E-state index contributed by atoms with van der Waals surface area (Å²) in [6.45, 7) is 11.2. The summed E-state index contributed by atoms with van der Waals surface area (Å²) in [6, 6.07) is 34.7. The van der Waals surface area contributed by atoms with E-state index in [-0.39, 0.29) is 25.5 Å². The van der Waals surface area contributed by atoms with E-state index < -0.39 is 13.3 Å². The van der Waals surface area contributed by atoms with Gasteiger partial charge >= 0.3 is 144 Å². The molecular formula is C53H59GeIrN3O-2. The molecule has 307 valence electrons. The van der Waals surface area contributed by atoms with Crippen LogP contribution in [0.15, 0.2) is 95.7 Å². The van der Waals surface area contributed by atoms with Crippen LogP contribution in [0.4, 0.5) is 0 Å². The Labute approximate surface area is 368 Å². The quantitative estimate of drug-likeness (QED) is 0.112. The maximum absolute atomic E-state index is 6.24. The van der Waals surface area contributed by atoms with E-state index in [1.807, 2.05) is 12.3 Å². The monoisotopic (exact) mass is 1020 g/mol. The Balaban J connectivity index is 0.000000192. The van der Waals surface area contributed by atoms with Gasteiger partial charge < -0.3 is 9.40 Å². The van der Waals surface area contributed by atoms with Crippen LogP contribution in [0.3, 0.4) is 0 Å². The molecule has 3 aromatic carbocycles. The molecule has 2 saturated carbocycles. The van der Waals surface area contributed by atoms with Gasteiger partial charge in [0.25, 0.3) is 0 Å². The van der Waals surface area contributed by atoms with E-state index in [0.717, 1.165) is 56.4 Å². The van der Waals surface area contributed by atoms with E-state index in [2.05, 4.69) is 143 Å². The smallest absolute Gasteiger partial charge is 0.216 e. The first-order valence-electron chi connectivity index (χ1n) is 21.6. The average molecular weight is 1020 g/mol. The van der Waals surface area contributed by atoms with Crippen LogP contribution in [0.25, 0.3) is 55.8 Å². The predicted molar refractivity (Wildman–Crippen MR) is 245 cm³/mol. The van der Waals surface area contributed by atoms with Gasteiger partial charge in [0.15, 0.2) is 0 Å². The van der Waals surface area contributed by atoms with Crippen molar-refractivity contribution < 1.29 is 24.5 Å². The van der Waals surface area contributed by atoms with Crippen molar-refractivity contribution in [1.29, 1.82) is 0 Å². The fourth-order valence-electron chi connectivity index (χ4n) is 9.76. The van der Waals surface area contributed by atoms with Gasteiger partial charge in [0.05, 0.1) is 11.3 Å². The minimum atomic E-state index is -1.89. The third-order valence-corrected chi connectivity index (χ3v) is 17.6. The Bertz CT molecular complexity index is 2550. The number of benzene rings is 3. The third kappa shape index (κ3) is 9.24. The fraction of sp³-hybridized carbons (Fsp3) is 0.377. The fourth-order valence-corrected chi connectivity index (χ4v) is 13.1. The number of hydrogen-bond donors (Lipinski definition) is 0. The first-order chi connectivity index (χ1) is 27.9. The summed E-state index contributed by atoms with van der Waals surface area (Å²) in [7, 11) is 0. The predicted octanol–water partition coefficient (Wildman–Crippen LogP) is 13.7. The minimum absolute atomic E-state index is 0. The molecule has 4 nitrogen and oxygen atoms in total. The summed E-state index contributed by atoms with van der Waals surface area (Å²) in [4.78, 5) is 14.4. The largest absolute Gasteiger partial charge is 0.459 e. The van der Waals surface area contributed by atoms with Crippen molar-refractivity contribution in [2.75, 3.05) is 0 Å². The van der Waals surface area contributed by atoms with Crippen molar-refractivity contribution in [3.05, 3.63) is 131 Å².